The third-order valence-electron chi connectivity index (χ3n) is 4.91. The Kier molecular flexibility index (Phi) is 3.94. The number of aromatic amines is 1. The summed E-state index contributed by atoms with van der Waals surface area (Å²) in [6, 6.07) is 8.32. The van der Waals surface area contributed by atoms with Gasteiger partial charge in [-0.15, -0.1) is 0 Å². The normalized spacial score (nSPS) is 17.4. The molecule has 4 aromatic rings. The predicted octanol–water partition coefficient (Wildman–Crippen LogP) is 4.33. The molecule has 0 aliphatic carbocycles. The second-order valence-electron chi connectivity index (χ2n) is 6.66. The van der Waals surface area contributed by atoms with Gasteiger partial charge in [-0.3, -0.25) is 0 Å². The Morgan fingerprint density at radius 2 is 1.96 bits per heavy atom. The van der Waals surface area contributed by atoms with Crippen molar-refractivity contribution >= 4 is 11.0 Å². The maximum absolute atomic E-state index is 13.4. The predicted molar refractivity (Wildman–Crippen MR) is 99.3 cm³/mol. The molecule has 4 heterocycles. The van der Waals surface area contributed by atoms with E-state index in [2.05, 4.69) is 15.0 Å². The van der Waals surface area contributed by atoms with Gasteiger partial charge in [0.2, 0.25) is 0 Å². The van der Waals surface area contributed by atoms with Crippen LogP contribution in [0.3, 0.4) is 0 Å². The highest BCUT2D eigenvalue weighted by Crippen LogP contribution is 2.35. The number of H-pyrrole nitrogens is 1. The molecule has 0 spiro atoms. The molecule has 1 N–H and O–H groups in total. The van der Waals surface area contributed by atoms with Crippen LogP contribution in [0.1, 0.15) is 25.5 Å². The first-order valence-corrected chi connectivity index (χ1v) is 9.05. The second kappa shape index (κ2) is 6.59. The van der Waals surface area contributed by atoms with Crippen LogP contribution >= 0.6 is 0 Å². The van der Waals surface area contributed by atoms with Gasteiger partial charge >= 0.3 is 0 Å². The van der Waals surface area contributed by atoms with Crippen molar-refractivity contribution in [1.82, 2.24) is 24.7 Å². The lowest BCUT2D eigenvalue weighted by Crippen LogP contribution is -2.18. The fraction of sp³-hybridized carbons (Fsp3) is 0.250. The quantitative estimate of drug-likeness (QED) is 0.588. The maximum Gasteiger partial charge on any atom is 0.150 e. The van der Waals surface area contributed by atoms with E-state index in [4.69, 9.17) is 9.84 Å². The zero-order valence-electron chi connectivity index (χ0n) is 14.6. The molecular weight excluding hydrogens is 345 g/mol. The molecule has 0 amide bonds. The molecule has 1 aliphatic heterocycles. The van der Waals surface area contributed by atoms with Gasteiger partial charge in [-0.2, -0.15) is 5.10 Å². The van der Waals surface area contributed by atoms with Crippen molar-refractivity contribution in [2.75, 3.05) is 6.61 Å². The molecule has 1 fully saturated rings. The minimum Gasteiger partial charge on any atom is -0.357 e. The molecule has 5 rings (SSSR count). The monoisotopic (exact) mass is 363 g/mol. The Balaban J connectivity index is 1.69. The molecular formula is C20H18FN5O. The smallest absolute Gasteiger partial charge is 0.150 e. The molecule has 0 bridgehead atoms. The topological polar surface area (TPSA) is 68.6 Å². The van der Waals surface area contributed by atoms with Gasteiger partial charge in [-0.25, -0.2) is 19.0 Å². The Morgan fingerprint density at radius 1 is 1.07 bits per heavy atom. The van der Waals surface area contributed by atoms with Crippen molar-refractivity contribution in [3.63, 3.8) is 0 Å². The number of rotatable bonds is 3. The molecule has 1 aromatic carbocycles. The van der Waals surface area contributed by atoms with Crippen molar-refractivity contribution in [2.24, 2.45) is 0 Å². The molecule has 136 valence electrons. The van der Waals surface area contributed by atoms with E-state index in [1.807, 2.05) is 23.1 Å². The fourth-order valence-corrected chi connectivity index (χ4v) is 3.55. The Bertz CT molecular complexity index is 1080. The summed E-state index contributed by atoms with van der Waals surface area (Å²) in [4.78, 5) is 11.9. The fourth-order valence-electron chi connectivity index (χ4n) is 3.55. The molecule has 27 heavy (non-hydrogen) atoms. The minimum absolute atomic E-state index is 0.0877. The van der Waals surface area contributed by atoms with Crippen LogP contribution in [0, 0.1) is 5.82 Å². The zero-order chi connectivity index (χ0) is 18.2. The molecule has 1 aliphatic rings. The third kappa shape index (κ3) is 2.90. The Morgan fingerprint density at radius 3 is 2.78 bits per heavy atom. The largest absolute Gasteiger partial charge is 0.357 e. The number of halogens is 1. The Labute approximate surface area is 155 Å². The van der Waals surface area contributed by atoms with E-state index in [1.165, 1.54) is 18.5 Å². The first kappa shape index (κ1) is 16.1. The van der Waals surface area contributed by atoms with E-state index in [0.29, 0.717) is 0 Å². The van der Waals surface area contributed by atoms with Crippen LogP contribution in [-0.2, 0) is 4.74 Å². The molecule has 0 saturated carbocycles. The van der Waals surface area contributed by atoms with Crippen molar-refractivity contribution in [1.29, 1.82) is 0 Å². The molecule has 0 radical (unpaired) electrons. The lowest BCUT2D eigenvalue weighted by atomic mass is 10.0. The highest BCUT2D eigenvalue weighted by atomic mass is 19.1. The van der Waals surface area contributed by atoms with Crippen molar-refractivity contribution in [3.05, 3.63) is 54.9 Å². The first-order valence-electron chi connectivity index (χ1n) is 9.05. The highest BCUT2D eigenvalue weighted by Gasteiger charge is 2.22. The minimum atomic E-state index is -0.273. The number of hydrogen-bond donors (Lipinski definition) is 1. The summed E-state index contributed by atoms with van der Waals surface area (Å²) in [5, 5.41) is 5.72. The van der Waals surface area contributed by atoms with E-state index in [-0.39, 0.29) is 12.0 Å². The zero-order valence-corrected chi connectivity index (χ0v) is 14.6. The first-order chi connectivity index (χ1) is 13.3. The number of nitrogens with one attached hydrogen (secondary N) is 1. The van der Waals surface area contributed by atoms with Crippen LogP contribution in [0.15, 0.2) is 49.1 Å². The highest BCUT2D eigenvalue weighted by molar-refractivity contribution is 5.94. The van der Waals surface area contributed by atoms with E-state index in [9.17, 15) is 4.39 Å². The third-order valence-corrected chi connectivity index (χ3v) is 4.91. The molecule has 1 saturated heterocycles. The second-order valence-corrected chi connectivity index (χ2v) is 6.66. The van der Waals surface area contributed by atoms with E-state index in [0.717, 1.165) is 59.4 Å². The number of aromatic nitrogens is 5. The van der Waals surface area contributed by atoms with Crippen LogP contribution in [-0.4, -0.2) is 31.3 Å². The summed E-state index contributed by atoms with van der Waals surface area (Å²) in [6.45, 7) is 0.737. The van der Waals surface area contributed by atoms with Crippen LogP contribution in [0.2, 0.25) is 0 Å². The molecule has 3 aromatic heterocycles. The van der Waals surface area contributed by atoms with Gasteiger partial charge in [-0.1, -0.05) is 0 Å². The Hall–Kier alpha value is -3.06. The van der Waals surface area contributed by atoms with Crippen LogP contribution < -0.4 is 0 Å². The van der Waals surface area contributed by atoms with Gasteiger partial charge in [0, 0.05) is 35.5 Å². The van der Waals surface area contributed by atoms with Crippen molar-refractivity contribution in [2.45, 2.75) is 25.5 Å². The van der Waals surface area contributed by atoms with Crippen molar-refractivity contribution < 1.29 is 9.13 Å². The molecule has 6 nitrogen and oxygen atoms in total. The average Bonchev–Trinajstić information content (AvgIpc) is 3.36. The average molecular weight is 363 g/mol. The van der Waals surface area contributed by atoms with Crippen LogP contribution in [0.4, 0.5) is 4.39 Å². The van der Waals surface area contributed by atoms with Crippen molar-refractivity contribution in [3.8, 4) is 22.5 Å². The summed E-state index contributed by atoms with van der Waals surface area (Å²) in [6.07, 6.45) is 8.38. The maximum atomic E-state index is 13.4. The number of hydrogen-bond acceptors (Lipinski definition) is 4. The molecule has 1 unspecified atom stereocenters. The number of fused-ring (bicyclic) bond motifs is 1. The van der Waals surface area contributed by atoms with Gasteiger partial charge in [0.1, 0.15) is 29.7 Å². The standard InChI is InChI=1S/C20H18FN5O/c21-14-6-4-13(5-7-14)18-16(11-26(25-18)17-3-1-2-10-27-17)19-15-8-9-22-20(15)24-12-23-19/h4-9,11-12,17H,1-3,10H2,(H,22,23,24). The molecule has 7 heteroatoms. The van der Waals surface area contributed by atoms with Crippen LogP contribution in [0.25, 0.3) is 33.5 Å². The van der Waals surface area contributed by atoms with Gasteiger partial charge in [-0.05, 0) is 49.6 Å². The van der Waals surface area contributed by atoms with Gasteiger partial charge in [0.25, 0.3) is 0 Å². The number of ether oxygens (including phenoxy) is 1. The van der Waals surface area contributed by atoms with E-state index < -0.39 is 0 Å². The molecule has 1 atom stereocenters. The lowest BCUT2D eigenvalue weighted by molar-refractivity contribution is -0.0393. The summed E-state index contributed by atoms with van der Waals surface area (Å²) in [5.74, 6) is -0.273. The van der Waals surface area contributed by atoms with E-state index >= 15 is 0 Å². The lowest BCUT2D eigenvalue weighted by Gasteiger charge is -2.22. The summed E-state index contributed by atoms with van der Waals surface area (Å²) >= 11 is 0. The van der Waals surface area contributed by atoms with Gasteiger partial charge in [0.15, 0.2) is 0 Å². The summed E-state index contributed by atoms with van der Waals surface area (Å²) in [5.41, 5.74) is 4.03. The SMILES string of the molecule is Fc1ccc(-c2nn(C3CCCCO3)cc2-c2ncnc3[nH]ccc23)cc1. The number of benzene rings is 1. The van der Waals surface area contributed by atoms with E-state index in [1.54, 1.807) is 12.1 Å². The van der Waals surface area contributed by atoms with Gasteiger partial charge in [0.05, 0.1) is 5.69 Å². The summed E-state index contributed by atoms with van der Waals surface area (Å²) in [7, 11) is 0. The van der Waals surface area contributed by atoms with Gasteiger partial charge < -0.3 is 9.72 Å². The summed E-state index contributed by atoms with van der Waals surface area (Å²) < 4.78 is 21.2. The van der Waals surface area contributed by atoms with Crippen LogP contribution in [0.5, 0.6) is 0 Å². The number of nitrogens with zero attached hydrogens (tertiary/aromatic N) is 4.